The van der Waals surface area contributed by atoms with Gasteiger partial charge in [0.25, 0.3) is 0 Å². The van der Waals surface area contributed by atoms with Crippen LogP contribution in [-0.4, -0.2) is 19.5 Å². The molecule has 0 radical (unpaired) electrons. The molecule has 16 heavy (non-hydrogen) atoms. The molecule has 0 fully saturated rings. The van der Waals surface area contributed by atoms with Crippen molar-refractivity contribution in [3.05, 3.63) is 24.3 Å². The highest BCUT2D eigenvalue weighted by atomic mass is 19.4. The first kappa shape index (κ1) is 12.5. The molecule has 0 N–H and O–H groups in total. The summed E-state index contributed by atoms with van der Waals surface area (Å²) >= 11 is 0. The van der Waals surface area contributed by atoms with Gasteiger partial charge in [0.2, 0.25) is 0 Å². The Kier molecular flexibility index (Phi) is 4.34. The molecule has 0 spiro atoms. The van der Waals surface area contributed by atoms with Crippen molar-refractivity contribution in [1.29, 1.82) is 0 Å². The van der Waals surface area contributed by atoms with Gasteiger partial charge in [-0.25, -0.2) is 0 Å². The molecule has 0 aliphatic rings. The molecule has 2 nitrogen and oxygen atoms in total. The van der Waals surface area contributed by atoms with Gasteiger partial charge in [-0.05, 0) is 37.4 Å². The molecule has 0 aromatic heterocycles. The van der Waals surface area contributed by atoms with Crippen LogP contribution in [0.3, 0.4) is 0 Å². The molecule has 0 bridgehead atoms. The lowest BCUT2D eigenvalue weighted by Crippen LogP contribution is -2.09. The zero-order valence-electron chi connectivity index (χ0n) is 8.63. The minimum Gasteiger partial charge on any atom is -0.494 e. The van der Waals surface area contributed by atoms with Crippen LogP contribution in [0.5, 0.6) is 5.75 Å². The first-order valence-corrected chi connectivity index (χ1v) is 4.77. The molecule has 5 heteroatoms. The summed E-state index contributed by atoms with van der Waals surface area (Å²) in [6.45, 7) is 3.40. The number of alkyl halides is 3. The summed E-state index contributed by atoms with van der Waals surface area (Å²) in [5.41, 5.74) is 0.697. The lowest BCUT2D eigenvalue weighted by Gasteiger charge is -2.08. The van der Waals surface area contributed by atoms with Gasteiger partial charge in [-0.15, -0.1) is 0 Å². The van der Waals surface area contributed by atoms with Crippen molar-refractivity contribution in [2.75, 3.05) is 6.61 Å². The Balaban J connectivity index is 2.29. The Morgan fingerprint density at radius 2 is 1.81 bits per heavy atom. The van der Waals surface area contributed by atoms with E-state index in [2.05, 4.69) is 11.7 Å². The van der Waals surface area contributed by atoms with Crippen molar-refractivity contribution in [1.82, 2.24) is 0 Å². The number of hydrogen-bond acceptors (Lipinski definition) is 2. The first-order valence-electron chi connectivity index (χ1n) is 4.77. The predicted molar refractivity (Wildman–Crippen MR) is 56.4 cm³/mol. The van der Waals surface area contributed by atoms with Crippen LogP contribution in [0.1, 0.15) is 12.8 Å². The molecular weight excluding hydrogens is 219 g/mol. The van der Waals surface area contributed by atoms with Crippen molar-refractivity contribution in [3.8, 4) is 5.75 Å². The SMILES string of the molecule is C=Nc1ccc(OCCCC(F)(F)F)cc1. The van der Waals surface area contributed by atoms with E-state index in [0.717, 1.165) is 0 Å². The van der Waals surface area contributed by atoms with Gasteiger partial charge in [-0.3, -0.25) is 4.99 Å². The van der Waals surface area contributed by atoms with Gasteiger partial charge >= 0.3 is 6.18 Å². The van der Waals surface area contributed by atoms with Crippen LogP contribution in [0, 0.1) is 0 Å². The number of nitrogens with zero attached hydrogens (tertiary/aromatic N) is 1. The van der Waals surface area contributed by atoms with Gasteiger partial charge in [0.15, 0.2) is 0 Å². The zero-order valence-corrected chi connectivity index (χ0v) is 8.63. The summed E-state index contributed by atoms with van der Waals surface area (Å²) in [6.07, 6.45) is -4.97. The minimum absolute atomic E-state index is 0.0367. The lowest BCUT2D eigenvalue weighted by molar-refractivity contribution is -0.136. The number of aliphatic imine (C=N–C) groups is 1. The second-order valence-corrected chi connectivity index (χ2v) is 3.22. The molecule has 1 aromatic rings. The van der Waals surface area contributed by atoms with Gasteiger partial charge in [0.05, 0.1) is 12.3 Å². The van der Waals surface area contributed by atoms with Crippen molar-refractivity contribution in [2.45, 2.75) is 19.0 Å². The number of benzene rings is 1. The Morgan fingerprint density at radius 3 is 2.31 bits per heavy atom. The minimum atomic E-state index is -4.11. The van der Waals surface area contributed by atoms with E-state index in [1.54, 1.807) is 24.3 Å². The molecular formula is C11H12F3NO. The van der Waals surface area contributed by atoms with E-state index >= 15 is 0 Å². The van der Waals surface area contributed by atoms with Crippen LogP contribution >= 0.6 is 0 Å². The van der Waals surface area contributed by atoms with E-state index in [1.807, 2.05) is 0 Å². The normalized spacial score (nSPS) is 11.2. The summed E-state index contributed by atoms with van der Waals surface area (Å²) in [5, 5.41) is 0. The maximum absolute atomic E-state index is 11.8. The number of hydrogen-bond donors (Lipinski definition) is 0. The Labute approximate surface area is 91.8 Å². The molecule has 0 aliphatic carbocycles. The second kappa shape index (κ2) is 5.53. The molecule has 0 saturated heterocycles. The molecule has 1 rings (SSSR count). The summed E-state index contributed by atoms with van der Waals surface area (Å²) in [4.78, 5) is 3.69. The van der Waals surface area contributed by atoms with Gasteiger partial charge in [-0.2, -0.15) is 13.2 Å². The van der Waals surface area contributed by atoms with Crippen LogP contribution in [0.15, 0.2) is 29.3 Å². The van der Waals surface area contributed by atoms with E-state index in [4.69, 9.17) is 4.74 Å². The molecule has 0 atom stereocenters. The highest BCUT2D eigenvalue weighted by molar-refractivity contribution is 5.47. The van der Waals surface area contributed by atoms with Crippen molar-refractivity contribution >= 4 is 12.4 Å². The van der Waals surface area contributed by atoms with E-state index in [9.17, 15) is 13.2 Å². The number of ether oxygens (including phenoxy) is 1. The van der Waals surface area contributed by atoms with Crippen LogP contribution in [-0.2, 0) is 0 Å². The average Bonchev–Trinajstić information content (AvgIpc) is 2.24. The molecule has 88 valence electrons. The molecule has 0 amide bonds. The summed E-state index contributed by atoms with van der Waals surface area (Å²) in [7, 11) is 0. The standard InChI is InChI=1S/C11H12F3NO/c1-15-9-3-5-10(6-4-9)16-8-2-7-11(12,13)14/h3-6H,1-2,7-8H2. The van der Waals surface area contributed by atoms with Gasteiger partial charge in [0.1, 0.15) is 5.75 Å². The number of rotatable bonds is 5. The average molecular weight is 231 g/mol. The van der Waals surface area contributed by atoms with E-state index < -0.39 is 12.6 Å². The summed E-state index contributed by atoms with van der Waals surface area (Å²) in [5.74, 6) is 0.537. The third kappa shape index (κ3) is 4.82. The quantitative estimate of drug-likeness (QED) is 0.558. The van der Waals surface area contributed by atoms with Gasteiger partial charge in [0, 0.05) is 6.42 Å². The molecule has 0 heterocycles. The van der Waals surface area contributed by atoms with E-state index in [-0.39, 0.29) is 13.0 Å². The zero-order chi connectivity index (χ0) is 12.0. The number of halogens is 3. The van der Waals surface area contributed by atoms with Gasteiger partial charge in [-0.1, -0.05) is 0 Å². The maximum atomic E-state index is 11.8. The lowest BCUT2D eigenvalue weighted by atomic mass is 10.3. The Bertz CT molecular complexity index is 332. The van der Waals surface area contributed by atoms with E-state index in [0.29, 0.717) is 11.4 Å². The molecule has 0 aliphatic heterocycles. The first-order chi connectivity index (χ1) is 7.51. The third-order valence-corrected chi connectivity index (χ3v) is 1.89. The van der Waals surface area contributed by atoms with Gasteiger partial charge < -0.3 is 4.74 Å². The summed E-state index contributed by atoms with van der Waals surface area (Å²) < 4.78 is 40.6. The summed E-state index contributed by atoms with van der Waals surface area (Å²) in [6, 6.07) is 6.67. The van der Waals surface area contributed by atoms with E-state index in [1.165, 1.54) is 0 Å². The largest absolute Gasteiger partial charge is 0.494 e. The fourth-order valence-electron chi connectivity index (χ4n) is 1.11. The molecule has 0 unspecified atom stereocenters. The predicted octanol–water partition coefficient (Wildman–Crippen LogP) is 3.74. The third-order valence-electron chi connectivity index (χ3n) is 1.89. The monoisotopic (exact) mass is 231 g/mol. The fourth-order valence-corrected chi connectivity index (χ4v) is 1.11. The maximum Gasteiger partial charge on any atom is 0.389 e. The van der Waals surface area contributed by atoms with Crippen molar-refractivity contribution in [2.24, 2.45) is 4.99 Å². The Morgan fingerprint density at radius 1 is 1.19 bits per heavy atom. The fraction of sp³-hybridized carbons (Fsp3) is 0.364. The topological polar surface area (TPSA) is 21.6 Å². The smallest absolute Gasteiger partial charge is 0.389 e. The highest BCUT2D eigenvalue weighted by Crippen LogP contribution is 2.22. The second-order valence-electron chi connectivity index (χ2n) is 3.22. The molecule has 0 saturated carbocycles. The van der Waals surface area contributed by atoms with Crippen LogP contribution in [0.25, 0.3) is 0 Å². The van der Waals surface area contributed by atoms with Crippen LogP contribution in [0.4, 0.5) is 18.9 Å². The highest BCUT2D eigenvalue weighted by Gasteiger charge is 2.25. The van der Waals surface area contributed by atoms with Crippen LogP contribution < -0.4 is 4.74 Å². The van der Waals surface area contributed by atoms with Crippen LogP contribution in [0.2, 0.25) is 0 Å². The van der Waals surface area contributed by atoms with Crippen molar-refractivity contribution < 1.29 is 17.9 Å². The Hall–Kier alpha value is -1.52. The van der Waals surface area contributed by atoms with Crippen molar-refractivity contribution in [3.63, 3.8) is 0 Å². The molecule has 1 aromatic carbocycles.